The molecule has 0 saturated heterocycles. The molecule has 4 N–H and O–H groups in total. The normalized spacial score (nSPS) is 12.4. The fourth-order valence-electron chi connectivity index (χ4n) is 4.48. The molecule has 0 fully saturated rings. The number of nitrogens with two attached hydrogens (primary N) is 1. The number of amides is 1. The largest absolute Gasteiger partial charge is 0.469 e. The number of methoxy groups -OCH3 is 1. The summed E-state index contributed by atoms with van der Waals surface area (Å²) in [6, 6.07) is 31.8. The lowest BCUT2D eigenvalue weighted by atomic mass is 9.90. The van der Waals surface area contributed by atoms with E-state index in [4.69, 9.17) is 15.9 Å². The Morgan fingerprint density at radius 1 is 0.875 bits per heavy atom. The van der Waals surface area contributed by atoms with Gasteiger partial charge in [0.2, 0.25) is 0 Å². The highest BCUT2D eigenvalue weighted by Gasteiger charge is 2.29. The summed E-state index contributed by atoms with van der Waals surface area (Å²) in [5.41, 5.74) is 11.7. The Balaban J connectivity index is 1.62. The lowest BCUT2D eigenvalue weighted by molar-refractivity contribution is -0.145. The van der Waals surface area contributed by atoms with Crippen molar-refractivity contribution in [2.75, 3.05) is 7.11 Å². The molecule has 40 heavy (non-hydrogen) atoms. The van der Waals surface area contributed by atoms with Gasteiger partial charge in [-0.1, -0.05) is 103 Å². The third kappa shape index (κ3) is 7.32. The van der Waals surface area contributed by atoms with Crippen molar-refractivity contribution in [3.05, 3.63) is 137 Å². The topological polar surface area (TPSA) is 105 Å². The van der Waals surface area contributed by atoms with Crippen LogP contribution in [0.5, 0.6) is 0 Å². The van der Waals surface area contributed by atoms with E-state index in [2.05, 4.69) is 29.6 Å². The first-order chi connectivity index (χ1) is 19.3. The summed E-state index contributed by atoms with van der Waals surface area (Å²) in [7, 11) is 1.34. The molecule has 1 amide bonds. The molecule has 2 unspecified atom stereocenters. The van der Waals surface area contributed by atoms with Crippen molar-refractivity contribution >= 4 is 23.8 Å². The minimum Gasteiger partial charge on any atom is -0.469 e. The third-order valence-corrected chi connectivity index (χ3v) is 6.76. The highest BCUT2D eigenvalue weighted by Crippen LogP contribution is 2.22. The maximum atomic E-state index is 13.4. The van der Waals surface area contributed by atoms with Gasteiger partial charge < -0.3 is 15.8 Å². The van der Waals surface area contributed by atoms with E-state index in [0.29, 0.717) is 11.1 Å². The molecular formula is C34H33N3O3. The number of carbonyl (C=O) groups is 2. The molecule has 0 spiro atoms. The van der Waals surface area contributed by atoms with Crippen molar-refractivity contribution in [2.45, 2.75) is 19.4 Å². The number of esters is 1. The number of nitrogen functional groups attached to an aromatic ring is 1. The van der Waals surface area contributed by atoms with Crippen molar-refractivity contribution < 1.29 is 14.3 Å². The summed E-state index contributed by atoms with van der Waals surface area (Å²) >= 11 is 0. The Labute approximate surface area is 235 Å². The van der Waals surface area contributed by atoms with E-state index in [1.807, 2.05) is 67.6 Å². The predicted octanol–water partition coefficient (Wildman–Crippen LogP) is 5.79. The maximum Gasteiger partial charge on any atom is 0.311 e. The highest BCUT2D eigenvalue weighted by molar-refractivity contribution is 5.96. The minimum absolute atomic E-state index is 0.0561. The lowest BCUT2D eigenvalue weighted by Crippen LogP contribution is -2.43. The Hall–Kier alpha value is -4.97. The molecule has 4 aromatic carbocycles. The fourth-order valence-corrected chi connectivity index (χ4v) is 4.48. The standard InChI is InChI=1S/C34H33N3O3/c1-23-11-14-26(15-12-23)27-16-18-28(19-17-27)33(38)37-31(20-13-24-7-4-3-5-8-24)30(34(39)40-2)22-25-9-6-10-29(21-25)32(35)36/h3-21,30-31H,22H2,1-2H3,(H3,35,36)(H,37,38)/b20-13+. The molecule has 4 rings (SSSR count). The van der Waals surface area contributed by atoms with E-state index in [-0.39, 0.29) is 18.2 Å². The first-order valence-electron chi connectivity index (χ1n) is 13.1. The first kappa shape index (κ1) is 28.0. The van der Waals surface area contributed by atoms with Gasteiger partial charge in [-0.2, -0.15) is 0 Å². The summed E-state index contributed by atoms with van der Waals surface area (Å²) in [6.07, 6.45) is 3.99. The number of benzene rings is 4. The van der Waals surface area contributed by atoms with Crippen LogP contribution in [0.4, 0.5) is 0 Å². The van der Waals surface area contributed by atoms with Crippen molar-refractivity contribution in [1.82, 2.24) is 5.32 Å². The molecule has 6 nitrogen and oxygen atoms in total. The van der Waals surface area contributed by atoms with Crippen molar-refractivity contribution in [3.8, 4) is 11.1 Å². The molecule has 0 aliphatic carbocycles. The number of carbonyl (C=O) groups excluding carboxylic acids is 2. The van der Waals surface area contributed by atoms with Gasteiger partial charge in [0, 0.05) is 11.1 Å². The molecule has 6 heteroatoms. The fraction of sp³-hybridized carbons (Fsp3) is 0.147. The number of rotatable bonds is 10. The molecule has 0 aromatic heterocycles. The third-order valence-electron chi connectivity index (χ3n) is 6.76. The Morgan fingerprint density at radius 2 is 1.52 bits per heavy atom. The van der Waals surface area contributed by atoms with Crippen LogP contribution in [0.1, 0.15) is 32.6 Å². The van der Waals surface area contributed by atoms with E-state index in [1.165, 1.54) is 12.7 Å². The second-order valence-electron chi connectivity index (χ2n) is 9.66. The Kier molecular flexibility index (Phi) is 9.26. The monoisotopic (exact) mass is 531 g/mol. The molecule has 4 aromatic rings. The van der Waals surface area contributed by atoms with Crippen LogP contribution in [0.2, 0.25) is 0 Å². The zero-order valence-corrected chi connectivity index (χ0v) is 22.6. The van der Waals surface area contributed by atoms with Gasteiger partial charge in [0.15, 0.2) is 0 Å². The zero-order chi connectivity index (χ0) is 28.5. The van der Waals surface area contributed by atoms with Gasteiger partial charge >= 0.3 is 5.97 Å². The van der Waals surface area contributed by atoms with Gasteiger partial charge in [0.1, 0.15) is 5.84 Å². The van der Waals surface area contributed by atoms with E-state index >= 15 is 0 Å². The van der Waals surface area contributed by atoms with Crippen LogP contribution >= 0.6 is 0 Å². The highest BCUT2D eigenvalue weighted by atomic mass is 16.5. The van der Waals surface area contributed by atoms with Gasteiger partial charge in [0.25, 0.3) is 5.91 Å². The van der Waals surface area contributed by atoms with Crippen LogP contribution in [0.3, 0.4) is 0 Å². The number of amidine groups is 1. The predicted molar refractivity (Wildman–Crippen MR) is 160 cm³/mol. The summed E-state index contributed by atoms with van der Waals surface area (Å²) in [5.74, 6) is -1.53. The van der Waals surface area contributed by atoms with Crippen molar-refractivity contribution in [1.29, 1.82) is 5.41 Å². The molecule has 202 valence electrons. The number of hydrogen-bond donors (Lipinski definition) is 3. The molecule has 0 aliphatic heterocycles. The van der Waals surface area contributed by atoms with Gasteiger partial charge in [-0.25, -0.2) is 0 Å². The number of ether oxygens (including phenoxy) is 1. The molecule has 0 aliphatic rings. The summed E-state index contributed by atoms with van der Waals surface area (Å²) in [5, 5.41) is 10.8. The SMILES string of the molecule is COC(=O)C(Cc1cccc(C(=N)N)c1)C(/C=C/c1ccccc1)NC(=O)c1ccc(-c2ccc(C)cc2)cc1. The smallest absolute Gasteiger partial charge is 0.311 e. The molecule has 0 bridgehead atoms. The zero-order valence-electron chi connectivity index (χ0n) is 22.6. The maximum absolute atomic E-state index is 13.4. The van der Waals surface area contributed by atoms with E-state index < -0.39 is 17.9 Å². The molecule has 0 heterocycles. The van der Waals surface area contributed by atoms with Crippen molar-refractivity contribution in [2.24, 2.45) is 11.7 Å². The van der Waals surface area contributed by atoms with Gasteiger partial charge in [-0.15, -0.1) is 0 Å². The molecule has 0 radical (unpaired) electrons. The van der Waals surface area contributed by atoms with E-state index in [9.17, 15) is 9.59 Å². The van der Waals surface area contributed by atoms with Crippen LogP contribution in [0.15, 0.2) is 109 Å². The number of hydrogen-bond acceptors (Lipinski definition) is 4. The average molecular weight is 532 g/mol. The van der Waals surface area contributed by atoms with Crippen LogP contribution < -0.4 is 11.1 Å². The Morgan fingerprint density at radius 3 is 2.15 bits per heavy atom. The van der Waals surface area contributed by atoms with Crippen LogP contribution in [-0.4, -0.2) is 30.9 Å². The second-order valence-corrected chi connectivity index (χ2v) is 9.66. The minimum atomic E-state index is -0.719. The van der Waals surface area contributed by atoms with E-state index in [0.717, 1.165) is 22.3 Å². The number of aryl methyl sites for hydroxylation is 1. The summed E-state index contributed by atoms with van der Waals surface area (Å²) < 4.78 is 5.16. The Bertz CT molecular complexity index is 1490. The molecular weight excluding hydrogens is 498 g/mol. The lowest BCUT2D eigenvalue weighted by Gasteiger charge is -2.24. The van der Waals surface area contributed by atoms with E-state index in [1.54, 1.807) is 30.3 Å². The van der Waals surface area contributed by atoms with Crippen LogP contribution in [0, 0.1) is 18.3 Å². The quantitative estimate of drug-likeness (QED) is 0.137. The van der Waals surface area contributed by atoms with Crippen LogP contribution in [-0.2, 0) is 16.0 Å². The summed E-state index contributed by atoms with van der Waals surface area (Å²) in [4.78, 5) is 26.5. The number of nitrogens with one attached hydrogen (secondary N) is 2. The average Bonchev–Trinajstić information content (AvgIpc) is 2.99. The first-order valence-corrected chi connectivity index (χ1v) is 13.1. The van der Waals surface area contributed by atoms with Gasteiger partial charge in [0.05, 0.1) is 19.1 Å². The summed E-state index contributed by atoms with van der Waals surface area (Å²) in [6.45, 7) is 2.04. The van der Waals surface area contributed by atoms with Gasteiger partial charge in [-0.05, 0) is 53.8 Å². The van der Waals surface area contributed by atoms with Gasteiger partial charge in [-0.3, -0.25) is 15.0 Å². The van der Waals surface area contributed by atoms with Crippen molar-refractivity contribution in [3.63, 3.8) is 0 Å². The second kappa shape index (κ2) is 13.2. The molecule has 2 atom stereocenters. The molecule has 0 saturated carbocycles. The van der Waals surface area contributed by atoms with Crippen LogP contribution in [0.25, 0.3) is 17.2 Å².